The summed E-state index contributed by atoms with van der Waals surface area (Å²) in [7, 11) is 3.39. The zero-order chi connectivity index (χ0) is 17.9. The van der Waals surface area contributed by atoms with Crippen LogP contribution >= 0.6 is 0 Å². The second kappa shape index (κ2) is 7.47. The van der Waals surface area contributed by atoms with Crippen molar-refractivity contribution in [2.75, 3.05) is 40.4 Å². The van der Waals surface area contributed by atoms with Crippen molar-refractivity contribution in [2.24, 2.45) is 0 Å². The minimum Gasteiger partial charge on any atom is -0.386 e. The summed E-state index contributed by atoms with van der Waals surface area (Å²) < 4.78 is 5.57. The van der Waals surface area contributed by atoms with Gasteiger partial charge in [0.1, 0.15) is 5.60 Å². The maximum atomic E-state index is 12.1. The van der Waals surface area contributed by atoms with Gasteiger partial charge in [0.2, 0.25) is 5.91 Å². The molecule has 1 saturated heterocycles. The normalized spacial score (nSPS) is 21.9. The van der Waals surface area contributed by atoms with Gasteiger partial charge in [-0.2, -0.15) is 0 Å². The van der Waals surface area contributed by atoms with E-state index >= 15 is 0 Å². The monoisotopic (exact) mass is 343 g/mol. The molecule has 6 nitrogen and oxygen atoms in total. The minimum absolute atomic E-state index is 0.0598. The first-order valence-electron chi connectivity index (χ1n) is 8.52. The lowest BCUT2D eigenvalue weighted by molar-refractivity contribution is -0.136. The molecule has 2 aromatic rings. The Balaban J connectivity index is 1.78. The van der Waals surface area contributed by atoms with Crippen molar-refractivity contribution in [3.63, 3.8) is 0 Å². The van der Waals surface area contributed by atoms with Crippen molar-refractivity contribution in [2.45, 2.75) is 18.6 Å². The molecule has 6 heteroatoms. The lowest BCUT2D eigenvalue weighted by Crippen LogP contribution is -2.47. The molecule has 1 N–H and O–H groups in total. The predicted molar refractivity (Wildman–Crippen MR) is 96.1 cm³/mol. The molecule has 1 aromatic carbocycles. The number of β-amino-alcohol motifs (C(OH)–C–C–N with tert-alkyl or cyclic N) is 1. The maximum Gasteiger partial charge on any atom is 0.225 e. The quantitative estimate of drug-likeness (QED) is 0.906. The van der Waals surface area contributed by atoms with Gasteiger partial charge in [-0.3, -0.25) is 14.7 Å². The number of carbonyl (C=O) groups excluding carboxylic acids is 1. The van der Waals surface area contributed by atoms with Crippen LogP contribution in [0.2, 0.25) is 0 Å². The SMILES string of the molecule is CN(C)C(=O)C[C@@]1(O)COCCN(Cc2cccc3cccnc23)C1. The van der Waals surface area contributed by atoms with Crippen molar-refractivity contribution in [1.82, 2.24) is 14.8 Å². The summed E-state index contributed by atoms with van der Waals surface area (Å²) in [6.45, 7) is 2.49. The highest BCUT2D eigenvalue weighted by molar-refractivity contribution is 5.81. The lowest BCUT2D eigenvalue weighted by atomic mass is 9.99. The molecular weight excluding hydrogens is 318 g/mol. The van der Waals surface area contributed by atoms with E-state index < -0.39 is 5.60 Å². The molecule has 0 unspecified atom stereocenters. The molecule has 1 aromatic heterocycles. The second-order valence-electron chi connectivity index (χ2n) is 6.94. The van der Waals surface area contributed by atoms with Crippen LogP contribution in [-0.2, 0) is 16.1 Å². The Morgan fingerprint density at radius 3 is 2.96 bits per heavy atom. The first-order valence-corrected chi connectivity index (χ1v) is 8.52. The number of ether oxygens (including phenoxy) is 1. The third-order valence-corrected chi connectivity index (χ3v) is 4.53. The van der Waals surface area contributed by atoms with Gasteiger partial charge in [-0.15, -0.1) is 0 Å². The van der Waals surface area contributed by atoms with Gasteiger partial charge in [-0.25, -0.2) is 0 Å². The fourth-order valence-corrected chi connectivity index (χ4v) is 3.21. The van der Waals surface area contributed by atoms with Gasteiger partial charge in [-0.05, 0) is 11.6 Å². The number of hydrogen-bond donors (Lipinski definition) is 1. The number of fused-ring (bicyclic) bond motifs is 1. The maximum absolute atomic E-state index is 12.1. The summed E-state index contributed by atoms with van der Waals surface area (Å²) in [5.74, 6) is -0.0974. The number of rotatable bonds is 4. The summed E-state index contributed by atoms with van der Waals surface area (Å²) in [5.41, 5.74) is 0.917. The molecule has 134 valence electrons. The number of hydrogen-bond acceptors (Lipinski definition) is 5. The molecule has 0 bridgehead atoms. The molecule has 2 heterocycles. The molecule has 0 aliphatic carbocycles. The number of aliphatic hydroxyl groups is 1. The molecule has 1 aliphatic rings. The van der Waals surface area contributed by atoms with Crippen molar-refractivity contribution in [1.29, 1.82) is 0 Å². The van der Waals surface area contributed by atoms with Gasteiger partial charge >= 0.3 is 0 Å². The number of benzene rings is 1. The number of carbonyl (C=O) groups is 1. The molecule has 3 rings (SSSR count). The Morgan fingerprint density at radius 1 is 1.36 bits per heavy atom. The van der Waals surface area contributed by atoms with Gasteiger partial charge in [-0.1, -0.05) is 24.3 Å². The zero-order valence-corrected chi connectivity index (χ0v) is 14.8. The minimum atomic E-state index is -1.17. The average molecular weight is 343 g/mol. The van der Waals surface area contributed by atoms with Crippen LogP contribution in [0.4, 0.5) is 0 Å². The second-order valence-corrected chi connectivity index (χ2v) is 6.94. The predicted octanol–water partition coefficient (Wildman–Crippen LogP) is 1.28. The Labute approximate surface area is 148 Å². The highest BCUT2D eigenvalue weighted by Crippen LogP contribution is 2.22. The van der Waals surface area contributed by atoms with E-state index in [1.165, 1.54) is 4.90 Å². The number of pyridine rings is 1. The van der Waals surface area contributed by atoms with Crippen LogP contribution in [-0.4, -0.2) is 71.8 Å². The van der Waals surface area contributed by atoms with E-state index in [4.69, 9.17) is 4.74 Å². The summed E-state index contributed by atoms with van der Waals surface area (Å²) in [6.07, 6.45) is 1.85. The Morgan fingerprint density at radius 2 is 2.16 bits per heavy atom. The first kappa shape index (κ1) is 17.8. The molecule has 1 amide bonds. The lowest BCUT2D eigenvalue weighted by Gasteiger charge is -2.31. The number of para-hydroxylation sites is 1. The number of aromatic nitrogens is 1. The molecule has 1 atom stereocenters. The Bertz CT molecular complexity index is 744. The van der Waals surface area contributed by atoms with Gasteiger partial charge in [0.15, 0.2) is 0 Å². The average Bonchev–Trinajstić information content (AvgIpc) is 2.76. The Kier molecular flexibility index (Phi) is 5.32. The van der Waals surface area contributed by atoms with Gasteiger partial charge in [0.25, 0.3) is 0 Å². The van der Waals surface area contributed by atoms with Crippen LogP contribution in [0.3, 0.4) is 0 Å². The topological polar surface area (TPSA) is 65.9 Å². The van der Waals surface area contributed by atoms with Crippen LogP contribution in [0.1, 0.15) is 12.0 Å². The van der Waals surface area contributed by atoms with E-state index in [-0.39, 0.29) is 18.9 Å². The van der Waals surface area contributed by atoms with E-state index in [1.807, 2.05) is 24.3 Å². The van der Waals surface area contributed by atoms with Gasteiger partial charge < -0.3 is 14.7 Å². The number of nitrogens with zero attached hydrogens (tertiary/aromatic N) is 3. The Hall–Kier alpha value is -2.02. The van der Waals surface area contributed by atoms with Crippen LogP contribution in [0.25, 0.3) is 10.9 Å². The highest BCUT2D eigenvalue weighted by Gasteiger charge is 2.35. The van der Waals surface area contributed by atoms with Crippen molar-refractivity contribution in [3.05, 3.63) is 42.1 Å². The van der Waals surface area contributed by atoms with Crippen molar-refractivity contribution < 1.29 is 14.6 Å². The van der Waals surface area contributed by atoms with Crippen molar-refractivity contribution in [3.8, 4) is 0 Å². The number of amides is 1. The van der Waals surface area contributed by atoms with Crippen molar-refractivity contribution >= 4 is 16.8 Å². The summed E-state index contributed by atoms with van der Waals surface area (Å²) in [5, 5.41) is 12.0. The molecule has 25 heavy (non-hydrogen) atoms. The molecular formula is C19H25N3O3. The van der Waals surface area contributed by atoms with Gasteiger partial charge in [0.05, 0.1) is 25.2 Å². The van der Waals surface area contributed by atoms with E-state index in [9.17, 15) is 9.90 Å². The van der Waals surface area contributed by atoms with Crippen LogP contribution < -0.4 is 0 Å². The zero-order valence-electron chi connectivity index (χ0n) is 14.8. The third kappa shape index (κ3) is 4.34. The standard InChI is InChI=1S/C19H25N3O3/c1-21(2)17(23)11-19(24)13-22(9-10-25-14-19)12-16-6-3-5-15-7-4-8-20-18(15)16/h3-8,24H,9-14H2,1-2H3/t19-/m0/s1. The molecule has 1 aliphatic heterocycles. The first-order chi connectivity index (χ1) is 12.0. The molecule has 0 spiro atoms. The summed E-state index contributed by atoms with van der Waals surface area (Å²) >= 11 is 0. The summed E-state index contributed by atoms with van der Waals surface area (Å²) in [6, 6.07) is 10.1. The molecule has 0 radical (unpaired) electrons. The molecule has 0 saturated carbocycles. The highest BCUT2D eigenvalue weighted by atomic mass is 16.5. The van der Waals surface area contributed by atoms with Crippen LogP contribution in [0, 0.1) is 0 Å². The fourth-order valence-electron chi connectivity index (χ4n) is 3.21. The fraction of sp³-hybridized carbons (Fsp3) is 0.474. The van der Waals surface area contributed by atoms with Crippen LogP contribution in [0.15, 0.2) is 36.5 Å². The molecule has 1 fully saturated rings. The smallest absolute Gasteiger partial charge is 0.225 e. The van der Waals surface area contributed by atoms with E-state index in [1.54, 1.807) is 20.3 Å². The summed E-state index contributed by atoms with van der Waals surface area (Å²) in [4.78, 5) is 20.2. The van der Waals surface area contributed by atoms with E-state index in [2.05, 4.69) is 16.0 Å². The van der Waals surface area contributed by atoms with Gasteiger partial charge in [0, 0.05) is 45.3 Å². The largest absolute Gasteiger partial charge is 0.386 e. The van der Waals surface area contributed by atoms with Crippen LogP contribution in [0.5, 0.6) is 0 Å². The third-order valence-electron chi connectivity index (χ3n) is 4.53. The van der Waals surface area contributed by atoms with E-state index in [0.717, 1.165) is 16.5 Å². The van der Waals surface area contributed by atoms with E-state index in [0.29, 0.717) is 26.2 Å².